The third kappa shape index (κ3) is 4.78. The minimum absolute atomic E-state index is 0. The Hall–Kier alpha value is -1.12. The van der Waals surface area contributed by atoms with Gasteiger partial charge in [0, 0.05) is 43.6 Å². The average Bonchev–Trinajstić information content (AvgIpc) is 2.99. The largest absolute Gasteiger partial charge is 0.300 e. The van der Waals surface area contributed by atoms with Gasteiger partial charge in [0.1, 0.15) is 0 Å². The first-order chi connectivity index (χ1) is 12.0. The summed E-state index contributed by atoms with van der Waals surface area (Å²) in [5, 5.41) is 4.69. The predicted molar refractivity (Wildman–Crippen MR) is 105 cm³/mol. The quantitative estimate of drug-likeness (QED) is 0.748. The molecule has 0 spiro atoms. The van der Waals surface area contributed by atoms with Crippen molar-refractivity contribution in [2.24, 2.45) is 0 Å². The molecule has 1 aromatic carbocycles. The predicted octanol–water partition coefficient (Wildman–Crippen LogP) is 2.66. The Balaban J connectivity index is 0.00000243. The Morgan fingerprint density at radius 3 is 2.65 bits per heavy atom. The molecule has 0 N–H and O–H groups in total. The summed E-state index contributed by atoms with van der Waals surface area (Å²) >= 11 is 6.10. The van der Waals surface area contributed by atoms with E-state index in [0.29, 0.717) is 28.6 Å². The standard InChI is InChI=1S/C17H23ClN4O2S.ClH/c1-15-16(18)5-2-6-17(15)25(23,24)22-10-4-8-20(12-14-22)11-13-21-9-3-7-19-21;/h2-3,5-7,9H,4,8,10-14H2,1H3;1H. The fourth-order valence-corrected chi connectivity index (χ4v) is 5.04. The maximum Gasteiger partial charge on any atom is 0.243 e. The molecule has 0 unspecified atom stereocenters. The van der Waals surface area contributed by atoms with E-state index in [1.165, 1.54) is 0 Å². The number of sulfonamides is 1. The van der Waals surface area contributed by atoms with Crippen molar-refractivity contribution in [3.05, 3.63) is 47.2 Å². The molecule has 1 fully saturated rings. The number of halogens is 2. The molecule has 1 aromatic heterocycles. The van der Waals surface area contributed by atoms with Crippen LogP contribution in [0.2, 0.25) is 5.02 Å². The fourth-order valence-electron chi connectivity index (χ4n) is 3.09. The lowest BCUT2D eigenvalue weighted by Gasteiger charge is -2.22. The van der Waals surface area contributed by atoms with Gasteiger partial charge in [-0.2, -0.15) is 9.40 Å². The van der Waals surface area contributed by atoms with E-state index in [0.717, 1.165) is 32.6 Å². The summed E-state index contributed by atoms with van der Waals surface area (Å²) in [5.74, 6) is 0. The zero-order chi connectivity index (χ0) is 17.9. The third-order valence-corrected chi connectivity index (χ3v) is 7.04. The maximum absolute atomic E-state index is 13.0. The van der Waals surface area contributed by atoms with Crippen molar-refractivity contribution < 1.29 is 8.42 Å². The van der Waals surface area contributed by atoms with Gasteiger partial charge in [-0.05, 0) is 43.7 Å². The number of hydrogen-bond acceptors (Lipinski definition) is 4. The summed E-state index contributed by atoms with van der Waals surface area (Å²) in [5.41, 5.74) is 0.615. The molecule has 1 saturated heterocycles. The summed E-state index contributed by atoms with van der Waals surface area (Å²) in [7, 11) is -3.52. The first-order valence-corrected chi connectivity index (χ1v) is 10.3. The topological polar surface area (TPSA) is 58.4 Å². The van der Waals surface area contributed by atoms with Crippen LogP contribution in [0, 0.1) is 6.92 Å². The van der Waals surface area contributed by atoms with Gasteiger partial charge in [0.15, 0.2) is 0 Å². The zero-order valence-electron chi connectivity index (χ0n) is 14.7. The lowest BCUT2D eigenvalue weighted by atomic mass is 10.2. The van der Waals surface area contributed by atoms with Crippen molar-refractivity contribution in [3.8, 4) is 0 Å². The Morgan fingerprint density at radius 1 is 1.12 bits per heavy atom. The second kappa shape index (κ2) is 9.19. The zero-order valence-corrected chi connectivity index (χ0v) is 17.1. The summed E-state index contributed by atoms with van der Waals surface area (Å²) in [6, 6.07) is 6.95. The third-order valence-electron chi connectivity index (χ3n) is 4.59. The normalized spacial score (nSPS) is 16.8. The van der Waals surface area contributed by atoms with Gasteiger partial charge in [-0.15, -0.1) is 12.4 Å². The summed E-state index contributed by atoms with van der Waals surface area (Å²) in [6.07, 6.45) is 4.53. The second-order valence-electron chi connectivity index (χ2n) is 6.23. The molecule has 2 aromatic rings. The number of rotatable bonds is 5. The summed E-state index contributed by atoms with van der Waals surface area (Å²) in [4.78, 5) is 2.60. The van der Waals surface area contributed by atoms with Gasteiger partial charge >= 0.3 is 0 Å². The molecule has 0 bridgehead atoms. The Morgan fingerprint density at radius 2 is 1.92 bits per heavy atom. The molecule has 26 heavy (non-hydrogen) atoms. The molecule has 1 aliphatic heterocycles. The highest BCUT2D eigenvalue weighted by Crippen LogP contribution is 2.26. The van der Waals surface area contributed by atoms with Gasteiger partial charge in [-0.1, -0.05) is 17.7 Å². The van der Waals surface area contributed by atoms with E-state index in [-0.39, 0.29) is 12.4 Å². The highest BCUT2D eigenvalue weighted by atomic mass is 35.5. The van der Waals surface area contributed by atoms with Crippen LogP contribution in [0.4, 0.5) is 0 Å². The number of benzene rings is 1. The van der Waals surface area contributed by atoms with Crippen LogP contribution in [0.15, 0.2) is 41.6 Å². The molecular weight excluding hydrogens is 395 g/mol. The van der Waals surface area contributed by atoms with Gasteiger partial charge in [0.25, 0.3) is 0 Å². The molecule has 1 aliphatic rings. The monoisotopic (exact) mass is 418 g/mol. The molecule has 6 nitrogen and oxygen atoms in total. The maximum atomic E-state index is 13.0. The van der Waals surface area contributed by atoms with Gasteiger partial charge in [0.05, 0.1) is 11.4 Å². The van der Waals surface area contributed by atoms with E-state index < -0.39 is 10.0 Å². The first-order valence-electron chi connectivity index (χ1n) is 8.43. The van der Waals surface area contributed by atoms with Crippen LogP contribution in [0.1, 0.15) is 12.0 Å². The molecule has 0 atom stereocenters. The van der Waals surface area contributed by atoms with Gasteiger partial charge in [-0.3, -0.25) is 4.68 Å². The Kier molecular flexibility index (Phi) is 7.49. The molecule has 0 amide bonds. The summed E-state index contributed by atoms with van der Waals surface area (Å²) < 4.78 is 29.5. The highest BCUT2D eigenvalue weighted by molar-refractivity contribution is 7.89. The van der Waals surface area contributed by atoms with Gasteiger partial charge in [-0.25, -0.2) is 8.42 Å². The molecular formula is C17H24Cl2N4O2S. The molecule has 0 aliphatic carbocycles. The van der Waals surface area contributed by atoms with Crippen molar-refractivity contribution in [1.82, 2.24) is 19.0 Å². The van der Waals surface area contributed by atoms with E-state index in [9.17, 15) is 8.42 Å². The lowest BCUT2D eigenvalue weighted by Crippen LogP contribution is -2.36. The van der Waals surface area contributed by atoms with Gasteiger partial charge in [0.2, 0.25) is 10.0 Å². The SMILES string of the molecule is Cc1c(Cl)cccc1S(=O)(=O)N1CCCN(CCn2cccn2)CC1.Cl. The minimum atomic E-state index is -3.52. The molecule has 0 saturated carbocycles. The number of nitrogens with zero attached hydrogens (tertiary/aromatic N) is 4. The van der Waals surface area contributed by atoms with E-state index >= 15 is 0 Å². The van der Waals surface area contributed by atoms with E-state index in [1.807, 2.05) is 16.9 Å². The van der Waals surface area contributed by atoms with Crippen LogP contribution in [0.5, 0.6) is 0 Å². The van der Waals surface area contributed by atoms with Crippen LogP contribution in [0.25, 0.3) is 0 Å². The average molecular weight is 419 g/mol. The van der Waals surface area contributed by atoms with E-state index in [4.69, 9.17) is 11.6 Å². The van der Waals surface area contributed by atoms with Crippen LogP contribution >= 0.6 is 24.0 Å². The van der Waals surface area contributed by atoms with Crippen LogP contribution in [0.3, 0.4) is 0 Å². The van der Waals surface area contributed by atoms with Crippen molar-refractivity contribution in [3.63, 3.8) is 0 Å². The molecule has 144 valence electrons. The molecule has 3 rings (SSSR count). The first kappa shape index (κ1) is 21.2. The lowest BCUT2D eigenvalue weighted by molar-refractivity contribution is 0.270. The van der Waals surface area contributed by atoms with Crippen LogP contribution in [-0.4, -0.2) is 60.1 Å². The van der Waals surface area contributed by atoms with E-state index in [1.54, 1.807) is 35.6 Å². The molecule has 9 heteroatoms. The van der Waals surface area contributed by atoms with E-state index in [2.05, 4.69) is 10.00 Å². The number of hydrogen-bond donors (Lipinski definition) is 0. The number of aromatic nitrogens is 2. The van der Waals surface area contributed by atoms with Gasteiger partial charge < -0.3 is 4.90 Å². The van der Waals surface area contributed by atoms with Crippen molar-refractivity contribution >= 4 is 34.0 Å². The minimum Gasteiger partial charge on any atom is -0.300 e. The van der Waals surface area contributed by atoms with Crippen molar-refractivity contribution in [2.45, 2.75) is 24.8 Å². The van der Waals surface area contributed by atoms with Crippen molar-refractivity contribution in [2.75, 3.05) is 32.7 Å². The smallest absolute Gasteiger partial charge is 0.243 e. The highest BCUT2D eigenvalue weighted by Gasteiger charge is 2.28. The fraction of sp³-hybridized carbons (Fsp3) is 0.471. The van der Waals surface area contributed by atoms with Crippen molar-refractivity contribution in [1.29, 1.82) is 0 Å². The Bertz CT molecular complexity index is 812. The molecule has 0 radical (unpaired) electrons. The molecule has 2 heterocycles. The van der Waals surface area contributed by atoms with Crippen LogP contribution in [-0.2, 0) is 16.6 Å². The Labute approximate surface area is 166 Å². The summed E-state index contributed by atoms with van der Waals surface area (Å²) in [6.45, 7) is 6.07. The van der Waals surface area contributed by atoms with Crippen LogP contribution < -0.4 is 0 Å². The second-order valence-corrected chi connectivity index (χ2v) is 8.54.